The lowest BCUT2D eigenvalue weighted by Gasteiger charge is -2.19. The summed E-state index contributed by atoms with van der Waals surface area (Å²) in [6, 6.07) is 3.88. The molecule has 1 fully saturated rings. The van der Waals surface area contributed by atoms with E-state index in [-0.39, 0.29) is 5.28 Å². The van der Waals surface area contributed by atoms with Crippen LogP contribution in [0.4, 0.5) is 5.82 Å². The molecule has 3 nitrogen and oxygen atoms in total. The second-order valence-electron chi connectivity index (χ2n) is 4.58. The number of rotatable bonds is 1. The molecular weight excluding hydrogens is 269 g/mol. The molecule has 0 bridgehead atoms. The van der Waals surface area contributed by atoms with Crippen molar-refractivity contribution in [2.45, 2.75) is 19.8 Å². The Morgan fingerprint density at radius 3 is 2.56 bits per heavy atom. The Kier molecular flexibility index (Phi) is 3.04. The zero-order valence-corrected chi connectivity index (χ0v) is 11.6. The van der Waals surface area contributed by atoms with E-state index in [0.717, 1.165) is 35.4 Å². The van der Waals surface area contributed by atoms with Gasteiger partial charge in [-0.1, -0.05) is 11.6 Å². The largest absolute Gasteiger partial charge is 0.356 e. The minimum absolute atomic E-state index is 0.287. The molecule has 18 heavy (non-hydrogen) atoms. The summed E-state index contributed by atoms with van der Waals surface area (Å²) in [7, 11) is 0. The van der Waals surface area contributed by atoms with Crippen molar-refractivity contribution in [3.63, 3.8) is 0 Å². The fraction of sp³-hybridized carbons (Fsp3) is 0.385. The van der Waals surface area contributed by atoms with Crippen molar-refractivity contribution in [1.29, 1.82) is 0 Å². The first-order valence-corrected chi connectivity index (χ1v) is 6.80. The van der Waals surface area contributed by atoms with E-state index in [1.54, 1.807) is 0 Å². The van der Waals surface area contributed by atoms with Crippen molar-refractivity contribution in [2.75, 3.05) is 18.0 Å². The van der Waals surface area contributed by atoms with Crippen molar-refractivity contribution in [3.8, 4) is 0 Å². The van der Waals surface area contributed by atoms with Crippen LogP contribution in [0.15, 0.2) is 12.1 Å². The van der Waals surface area contributed by atoms with Gasteiger partial charge in [-0.25, -0.2) is 4.98 Å². The molecule has 94 valence electrons. The molecule has 1 aliphatic rings. The van der Waals surface area contributed by atoms with Gasteiger partial charge in [-0.15, -0.1) is 0 Å². The zero-order valence-electron chi connectivity index (χ0n) is 10.1. The molecule has 0 N–H and O–H groups in total. The Morgan fingerprint density at radius 2 is 1.83 bits per heavy atom. The van der Waals surface area contributed by atoms with Gasteiger partial charge in [0.05, 0.1) is 5.52 Å². The van der Waals surface area contributed by atoms with Gasteiger partial charge in [0.15, 0.2) is 0 Å². The Bertz CT molecular complexity index is 607. The van der Waals surface area contributed by atoms with Crippen LogP contribution in [-0.2, 0) is 0 Å². The third-order valence-corrected chi connectivity index (χ3v) is 3.99. The highest BCUT2D eigenvalue weighted by molar-refractivity contribution is 6.32. The summed E-state index contributed by atoms with van der Waals surface area (Å²) in [6.07, 6.45) is 2.41. The van der Waals surface area contributed by atoms with Crippen LogP contribution in [0, 0.1) is 6.92 Å². The van der Waals surface area contributed by atoms with Crippen molar-refractivity contribution in [2.24, 2.45) is 0 Å². The molecule has 0 aliphatic carbocycles. The highest BCUT2D eigenvalue weighted by Gasteiger charge is 2.18. The van der Waals surface area contributed by atoms with Gasteiger partial charge in [-0.05, 0) is 49.1 Å². The molecule has 1 aromatic carbocycles. The summed E-state index contributed by atoms with van der Waals surface area (Å²) in [5, 5.41) is 2.03. The molecule has 1 saturated heterocycles. The number of hydrogen-bond acceptors (Lipinski definition) is 3. The number of benzene rings is 1. The normalized spacial score (nSPS) is 15.6. The summed E-state index contributed by atoms with van der Waals surface area (Å²) in [5.41, 5.74) is 1.81. The topological polar surface area (TPSA) is 29.0 Å². The van der Waals surface area contributed by atoms with E-state index in [2.05, 4.69) is 14.9 Å². The van der Waals surface area contributed by atoms with E-state index in [1.165, 1.54) is 12.8 Å². The maximum atomic E-state index is 6.13. The fourth-order valence-corrected chi connectivity index (χ4v) is 2.75. The standard InChI is InChI=1S/C13H13Cl2N3/c1-8-10(14)5-4-9-11(8)16-13(15)17-12(9)18-6-2-3-7-18/h4-5H,2-3,6-7H2,1H3. The Hall–Kier alpha value is -1.06. The highest BCUT2D eigenvalue weighted by Crippen LogP contribution is 2.32. The van der Waals surface area contributed by atoms with Crippen molar-refractivity contribution < 1.29 is 0 Å². The molecule has 5 heteroatoms. The number of halogens is 2. The van der Waals surface area contributed by atoms with Gasteiger partial charge in [0.2, 0.25) is 5.28 Å². The van der Waals surface area contributed by atoms with Crippen LogP contribution >= 0.6 is 23.2 Å². The third-order valence-electron chi connectivity index (χ3n) is 3.41. The molecular formula is C13H13Cl2N3. The van der Waals surface area contributed by atoms with Crippen molar-refractivity contribution in [3.05, 3.63) is 28.0 Å². The van der Waals surface area contributed by atoms with E-state index in [0.29, 0.717) is 5.02 Å². The highest BCUT2D eigenvalue weighted by atomic mass is 35.5. The van der Waals surface area contributed by atoms with Crippen LogP contribution in [0.25, 0.3) is 10.9 Å². The maximum absolute atomic E-state index is 6.13. The average Bonchev–Trinajstić information content (AvgIpc) is 2.87. The molecule has 0 saturated carbocycles. The molecule has 0 amide bonds. The lowest BCUT2D eigenvalue weighted by molar-refractivity contribution is 0.939. The van der Waals surface area contributed by atoms with Gasteiger partial charge in [-0.3, -0.25) is 0 Å². The summed E-state index contributed by atoms with van der Waals surface area (Å²) in [5.74, 6) is 0.933. The first-order chi connectivity index (χ1) is 8.66. The van der Waals surface area contributed by atoms with Crippen LogP contribution in [0.1, 0.15) is 18.4 Å². The zero-order chi connectivity index (χ0) is 12.7. The van der Waals surface area contributed by atoms with E-state index >= 15 is 0 Å². The molecule has 1 aliphatic heterocycles. The SMILES string of the molecule is Cc1c(Cl)ccc2c(N3CCCC3)nc(Cl)nc12. The number of hydrogen-bond donors (Lipinski definition) is 0. The number of nitrogens with zero attached hydrogens (tertiary/aromatic N) is 3. The van der Waals surface area contributed by atoms with Crippen molar-refractivity contribution in [1.82, 2.24) is 9.97 Å². The average molecular weight is 282 g/mol. The lowest BCUT2D eigenvalue weighted by atomic mass is 10.1. The lowest BCUT2D eigenvalue weighted by Crippen LogP contribution is -2.19. The van der Waals surface area contributed by atoms with Crippen LogP contribution in [-0.4, -0.2) is 23.1 Å². The minimum atomic E-state index is 0.287. The second kappa shape index (κ2) is 4.56. The number of aromatic nitrogens is 2. The predicted octanol–water partition coefficient (Wildman–Crippen LogP) is 3.85. The molecule has 1 aromatic heterocycles. The first-order valence-electron chi connectivity index (χ1n) is 6.04. The Morgan fingerprint density at radius 1 is 1.11 bits per heavy atom. The molecule has 2 aromatic rings. The third kappa shape index (κ3) is 1.91. The summed E-state index contributed by atoms with van der Waals surface area (Å²) >= 11 is 12.2. The van der Waals surface area contributed by atoms with Gasteiger partial charge in [0, 0.05) is 23.5 Å². The van der Waals surface area contributed by atoms with Crippen molar-refractivity contribution >= 4 is 39.9 Å². The first kappa shape index (κ1) is 12.0. The van der Waals surface area contributed by atoms with E-state index < -0.39 is 0 Å². The van der Waals surface area contributed by atoms with Gasteiger partial charge in [0.25, 0.3) is 0 Å². The van der Waals surface area contributed by atoms with Crippen LogP contribution in [0.5, 0.6) is 0 Å². The Labute approximate surface area is 116 Å². The summed E-state index contributed by atoms with van der Waals surface area (Å²) in [4.78, 5) is 11.0. The minimum Gasteiger partial charge on any atom is -0.356 e. The summed E-state index contributed by atoms with van der Waals surface area (Å²) in [6.45, 7) is 4.02. The van der Waals surface area contributed by atoms with Gasteiger partial charge < -0.3 is 4.90 Å². The van der Waals surface area contributed by atoms with Crippen LogP contribution < -0.4 is 4.90 Å². The molecule has 0 unspecified atom stereocenters. The second-order valence-corrected chi connectivity index (χ2v) is 5.32. The fourth-order valence-electron chi connectivity index (χ4n) is 2.43. The molecule has 0 atom stereocenters. The van der Waals surface area contributed by atoms with Gasteiger partial charge in [-0.2, -0.15) is 4.98 Å². The van der Waals surface area contributed by atoms with Crippen LogP contribution in [0.2, 0.25) is 10.3 Å². The molecule has 0 spiro atoms. The molecule has 3 rings (SSSR count). The smallest absolute Gasteiger partial charge is 0.224 e. The number of anilines is 1. The maximum Gasteiger partial charge on any atom is 0.224 e. The predicted molar refractivity (Wildman–Crippen MR) is 75.7 cm³/mol. The van der Waals surface area contributed by atoms with E-state index in [1.807, 2.05) is 19.1 Å². The number of fused-ring (bicyclic) bond motifs is 1. The van der Waals surface area contributed by atoms with E-state index in [4.69, 9.17) is 23.2 Å². The van der Waals surface area contributed by atoms with Gasteiger partial charge >= 0.3 is 0 Å². The monoisotopic (exact) mass is 281 g/mol. The summed E-state index contributed by atoms with van der Waals surface area (Å²) < 4.78 is 0. The van der Waals surface area contributed by atoms with Crippen LogP contribution in [0.3, 0.4) is 0 Å². The molecule has 0 radical (unpaired) electrons. The Balaban J connectivity index is 2.27. The van der Waals surface area contributed by atoms with E-state index in [9.17, 15) is 0 Å². The van der Waals surface area contributed by atoms with Gasteiger partial charge in [0.1, 0.15) is 5.82 Å². The quantitative estimate of drug-likeness (QED) is 0.744. The molecule has 2 heterocycles. The number of aryl methyl sites for hydroxylation is 1.